The maximum absolute atomic E-state index is 12.3. The number of thiophene rings is 1. The third-order valence-electron chi connectivity index (χ3n) is 3.50. The number of rotatable bonds is 10. The Bertz CT molecular complexity index is 481. The van der Waals surface area contributed by atoms with Crippen LogP contribution in [0.3, 0.4) is 0 Å². The van der Waals surface area contributed by atoms with Crippen LogP contribution in [0.4, 0.5) is 0 Å². The first-order valence-electron chi connectivity index (χ1n) is 7.35. The van der Waals surface area contributed by atoms with Gasteiger partial charge in [0.05, 0.1) is 5.75 Å². The van der Waals surface area contributed by atoms with Crippen LogP contribution in [0.2, 0.25) is 0 Å². The molecule has 0 amide bonds. The Morgan fingerprint density at radius 1 is 1.40 bits per heavy atom. The molecule has 0 saturated heterocycles. The lowest BCUT2D eigenvalue weighted by molar-refractivity contribution is 0.424. The lowest BCUT2D eigenvalue weighted by Gasteiger charge is -2.19. The summed E-state index contributed by atoms with van der Waals surface area (Å²) in [6.07, 6.45) is 4.24. The van der Waals surface area contributed by atoms with Crippen molar-refractivity contribution >= 4 is 21.4 Å². The zero-order valence-corrected chi connectivity index (χ0v) is 13.7. The fraction of sp³-hybridized carbons (Fsp3) is 0.714. The molecule has 0 unspecified atom stereocenters. The summed E-state index contributed by atoms with van der Waals surface area (Å²) in [5, 5.41) is 5.40. The highest BCUT2D eigenvalue weighted by Crippen LogP contribution is 2.18. The molecule has 1 N–H and O–H groups in total. The molecule has 0 bridgehead atoms. The van der Waals surface area contributed by atoms with Crippen molar-refractivity contribution in [2.75, 3.05) is 18.8 Å². The standard InChI is InChI=1S/C14H24N2O2S2/c1-2-16(12-14-6-5-10-19-14)20(17,18)11-4-3-9-15-13-7-8-13/h5-6,10,13,15H,2-4,7-9,11-12H2,1H3. The van der Waals surface area contributed by atoms with Crippen molar-refractivity contribution in [1.82, 2.24) is 9.62 Å². The summed E-state index contributed by atoms with van der Waals surface area (Å²) < 4.78 is 26.2. The Morgan fingerprint density at radius 3 is 2.80 bits per heavy atom. The fourth-order valence-corrected chi connectivity index (χ4v) is 4.47. The number of hydrogen-bond acceptors (Lipinski definition) is 4. The first-order valence-corrected chi connectivity index (χ1v) is 9.84. The van der Waals surface area contributed by atoms with Gasteiger partial charge in [0.25, 0.3) is 0 Å². The van der Waals surface area contributed by atoms with Gasteiger partial charge in [-0.2, -0.15) is 4.31 Å². The van der Waals surface area contributed by atoms with Gasteiger partial charge in [0.1, 0.15) is 0 Å². The monoisotopic (exact) mass is 316 g/mol. The van der Waals surface area contributed by atoms with E-state index < -0.39 is 10.0 Å². The summed E-state index contributed by atoms with van der Waals surface area (Å²) in [5.74, 6) is 0.262. The minimum Gasteiger partial charge on any atom is -0.314 e. The molecule has 1 fully saturated rings. The molecule has 1 aromatic rings. The highest BCUT2D eigenvalue weighted by molar-refractivity contribution is 7.89. The summed E-state index contributed by atoms with van der Waals surface area (Å²) in [6.45, 7) is 3.90. The van der Waals surface area contributed by atoms with E-state index in [-0.39, 0.29) is 5.75 Å². The zero-order valence-electron chi connectivity index (χ0n) is 12.0. The normalized spacial score (nSPS) is 15.9. The fourth-order valence-electron chi connectivity index (χ4n) is 2.12. The highest BCUT2D eigenvalue weighted by Gasteiger charge is 2.21. The van der Waals surface area contributed by atoms with Crippen molar-refractivity contribution in [3.8, 4) is 0 Å². The van der Waals surface area contributed by atoms with E-state index in [2.05, 4.69) is 5.32 Å². The van der Waals surface area contributed by atoms with E-state index in [1.54, 1.807) is 15.6 Å². The van der Waals surface area contributed by atoms with E-state index in [0.29, 0.717) is 19.1 Å². The largest absolute Gasteiger partial charge is 0.314 e. The van der Waals surface area contributed by atoms with Crippen LogP contribution in [-0.4, -0.2) is 37.6 Å². The minimum absolute atomic E-state index is 0.262. The molecular weight excluding hydrogens is 292 g/mol. The second-order valence-corrected chi connectivity index (χ2v) is 8.38. The van der Waals surface area contributed by atoms with Crippen molar-refractivity contribution < 1.29 is 8.42 Å². The van der Waals surface area contributed by atoms with Gasteiger partial charge in [-0.05, 0) is 43.7 Å². The molecule has 1 heterocycles. The van der Waals surface area contributed by atoms with Gasteiger partial charge >= 0.3 is 0 Å². The van der Waals surface area contributed by atoms with Gasteiger partial charge in [-0.25, -0.2) is 8.42 Å². The van der Waals surface area contributed by atoms with Crippen molar-refractivity contribution in [2.45, 2.75) is 45.2 Å². The third kappa shape index (κ3) is 5.16. The quantitative estimate of drug-likeness (QED) is 0.675. The van der Waals surface area contributed by atoms with Crippen LogP contribution in [0.25, 0.3) is 0 Å². The first-order chi connectivity index (χ1) is 9.62. The number of hydrogen-bond donors (Lipinski definition) is 1. The predicted molar refractivity (Wildman–Crippen MR) is 84.4 cm³/mol. The van der Waals surface area contributed by atoms with Crippen molar-refractivity contribution in [3.63, 3.8) is 0 Å². The summed E-state index contributed by atoms with van der Waals surface area (Å²) in [7, 11) is -3.12. The summed E-state index contributed by atoms with van der Waals surface area (Å²) in [5.41, 5.74) is 0. The maximum atomic E-state index is 12.3. The summed E-state index contributed by atoms with van der Waals surface area (Å²) in [4.78, 5) is 1.10. The lowest BCUT2D eigenvalue weighted by atomic mass is 10.3. The predicted octanol–water partition coefficient (Wildman–Crippen LogP) is 2.43. The van der Waals surface area contributed by atoms with Gasteiger partial charge in [-0.1, -0.05) is 13.0 Å². The average Bonchev–Trinajstić information content (AvgIpc) is 3.10. The summed E-state index contributed by atoms with van der Waals surface area (Å²) in [6, 6.07) is 4.66. The number of sulfonamides is 1. The molecule has 1 aliphatic rings. The molecule has 6 heteroatoms. The maximum Gasteiger partial charge on any atom is 0.214 e. The van der Waals surface area contributed by atoms with Crippen molar-refractivity contribution in [3.05, 3.63) is 22.4 Å². The molecule has 0 radical (unpaired) electrons. The highest BCUT2D eigenvalue weighted by atomic mass is 32.2. The molecule has 1 aromatic heterocycles. The average molecular weight is 316 g/mol. The van der Waals surface area contributed by atoms with E-state index in [1.807, 2.05) is 24.4 Å². The molecule has 114 valence electrons. The Kier molecular flexibility index (Phi) is 6.01. The van der Waals surface area contributed by atoms with Crippen LogP contribution in [0.15, 0.2) is 17.5 Å². The van der Waals surface area contributed by atoms with Crippen LogP contribution in [0.5, 0.6) is 0 Å². The van der Waals surface area contributed by atoms with Crippen LogP contribution >= 0.6 is 11.3 Å². The molecule has 1 saturated carbocycles. The van der Waals surface area contributed by atoms with E-state index in [4.69, 9.17) is 0 Å². The molecule has 2 rings (SSSR count). The molecule has 0 spiro atoms. The van der Waals surface area contributed by atoms with Crippen molar-refractivity contribution in [2.24, 2.45) is 0 Å². The molecule has 0 aliphatic heterocycles. The minimum atomic E-state index is -3.12. The second kappa shape index (κ2) is 7.54. The van der Waals surface area contributed by atoms with E-state index in [9.17, 15) is 8.42 Å². The molecule has 4 nitrogen and oxygen atoms in total. The molecule has 0 atom stereocenters. The molecule has 20 heavy (non-hydrogen) atoms. The first kappa shape index (κ1) is 15.9. The molecule has 1 aliphatic carbocycles. The van der Waals surface area contributed by atoms with Crippen LogP contribution in [-0.2, 0) is 16.6 Å². The zero-order chi connectivity index (χ0) is 14.4. The molecular formula is C14H24N2O2S2. The smallest absolute Gasteiger partial charge is 0.214 e. The topological polar surface area (TPSA) is 49.4 Å². The lowest BCUT2D eigenvalue weighted by Crippen LogP contribution is -2.32. The van der Waals surface area contributed by atoms with Gasteiger partial charge in [0.2, 0.25) is 10.0 Å². The van der Waals surface area contributed by atoms with Crippen LogP contribution in [0, 0.1) is 0 Å². The number of unbranched alkanes of at least 4 members (excludes halogenated alkanes) is 1. The Morgan fingerprint density at radius 2 is 2.20 bits per heavy atom. The third-order valence-corrected chi connectivity index (χ3v) is 6.34. The van der Waals surface area contributed by atoms with Crippen molar-refractivity contribution in [1.29, 1.82) is 0 Å². The van der Waals surface area contributed by atoms with Gasteiger partial charge in [0, 0.05) is 24.0 Å². The van der Waals surface area contributed by atoms with E-state index in [1.165, 1.54) is 12.8 Å². The van der Waals surface area contributed by atoms with Gasteiger partial charge in [-0.3, -0.25) is 0 Å². The van der Waals surface area contributed by atoms with Gasteiger partial charge in [-0.15, -0.1) is 11.3 Å². The number of nitrogens with one attached hydrogen (secondary N) is 1. The van der Waals surface area contributed by atoms with E-state index in [0.717, 1.165) is 24.3 Å². The second-order valence-electron chi connectivity index (χ2n) is 5.26. The van der Waals surface area contributed by atoms with Gasteiger partial charge < -0.3 is 5.32 Å². The van der Waals surface area contributed by atoms with Crippen LogP contribution in [0.1, 0.15) is 37.5 Å². The Balaban J connectivity index is 1.73. The SMILES string of the molecule is CCN(Cc1cccs1)S(=O)(=O)CCCCNC1CC1. The Labute approximate surface area is 126 Å². The molecule has 0 aromatic carbocycles. The Hall–Kier alpha value is -0.430. The van der Waals surface area contributed by atoms with E-state index >= 15 is 0 Å². The number of nitrogens with zero attached hydrogens (tertiary/aromatic N) is 1. The van der Waals surface area contributed by atoms with Crippen LogP contribution < -0.4 is 5.32 Å². The summed E-state index contributed by atoms with van der Waals surface area (Å²) >= 11 is 1.61. The van der Waals surface area contributed by atoms with Gasteiger partial charge in [0.15, 0.2) is 0 Å².